The van der Waals surface area contributed by atoms with E-state index in [1.54, 1.807) is 48.6 Å². The number of halogens is 2. The molecule has 23 heavy (non-hydrogen) atoms. The number of rotatable bonds is 3. The van der Waals surface area contributed by atoms with Crippen molar-refractivity contribution in [2.45, 2.75) is 0 Å². The highest BCUT2D eigenvalue weighted by atomic mass is 79.9. The minimum absolute atomic E-state index is 0.0496. The van der Waals surface area contributed by atoms with Gasteiger partial charge in [0.15, 0.2) is 0 Å². The van der Waals surface area contributed by atoms with E-state index in [1.807, 2.05) is 0 Å². The summed E-state index contributed by atoms with van der Waals surface area (Å²) >= 11 is 3.29. The first-order valence-electron chi connectivity index (χ1n) is 6.72. The van der Waals surface area contributed by atoms with Gasteiger partial charge in [0.25, 0.3) is 5.69 Å². The summed E-state index contributed by atoms with van der Waals surface area (Å²) in [5, 5.41) is 11.8. The van der Waals surface area contributed by atoms with Gasteiger partial charge in [-0.25, -0.2) is 9.37 Å². The summed E-state index contributed by atoms with van der Waals surface area (Å²) in [4.78, 5) is 14.9. The molecule has 0 saturated carbocycles. The third kappa shape index (κ3) is 3.27. The zero-order valence-corrected chi connectivity index (χ0v) is 13.3. The van der Waals surface area contributed by atoms with Crippen molar-refractivity contribution in [1.82, 2.24) is 4.98 Å². The Bertz CT molecular complexity index is 941. The summed E-state index contributed by atoms with van der Waals surface area (Å²) in [6.07, 6.45) is 3.21. The number of nitro groups is 1. The van der Waals surface area contributed by atoms with Crippen molar-refractivity contribution < 1.29 is 9.31 Å². The SMILES string of the molecule is O=[N+]([O-])c1cccc2ccc(/C=C/c3cc(Br)ccc3F)nc12. The van der Waals surface area contributed by atoms with Crippen molar-refractivity contribution in [2.75, 3.05) is 0 Å². The van der Waals surface area contributed by atoms with Gasteiger partial charge in [-0.15, -0.1) is 0 Å². The molecule has 0 aliphatic heterocycles. The largest absolute Gasteiger partial charge is 0.295 e. The topological polar surface area (TPSA) is 56.0 Å². The molecule has 2 aromatic carbocycles. The third-order valence-electron chi connectivity index (χ3n) is 3.31. The first-order valence-corrected chi connectivity index (χ1v) is 7.51. The number of benzene rings is 2. The fourth-order valence-corrected chi connectivity index (χ4v) is 2.58. The molecule has 0 N–H and O–H groups in total. The number of nitrogens with zero attached hydrogens (tertiary/aromatic N) is 2. The zero-order chi connectivity index (χ0) is 16.4. The van der Waals surface area contributed by atoms with Gasteiger partial charge in [0.05, 0.1) is 10.6 Å². The molecule has 0 fully saturated rings. The minimum atomic E-state index is -0.462. The summed E-state index contributed by atoms with van der Waals surface area (Å²) in [6, 6.07) is 12.9. The van der Waals surface area contributed by atoms with Gasteiger partial charge in [-0.05, 0) is 36.4 Å². The van der Waals surface area contributed by atoms with E-state index in [4.69, 9.17) is 0 Å². The van der Waals surface area contributed by atoms with E-state index in [-0.39, 0.29) is 11.5 Å². The molecule has 1 aromatic heterocycles. The van der Waals surface area contributed by atoms with E-state index in [0.717, 1.165) is 4.47 Å². The van der Waals surface area contributed by atoms with E-state index < -0.39 is 4.92 Å². The van der Waals surface area contributed by atoms with Crippen LogP contribution >= 0.6 is 15.9 Å². The van der Waals surface area contributed by atoms with Crippen LogP contribution in [0, 0.1) is 15.9 Å². The van der Waals surface area contributed by atoms with Crippen molar-refractivity contribution in [1.29, 1.82) is 0 Å². The van der Waals surface area contributed by atoms with Gasteiger partial charge < -0.3 is 0 Å². The van der Waals surface area contributed by atoms with Crippen LogP contribution in [0.3, 0.4) is 0 Å². The van der Waals surface area contributed by atoms with Crippen LogP contribution in [-0.2, 0) is 0 Å². The van der Waals surface area contributed by atoms with Crippen LogP contribution in [0.15, 0.2) is 53.0 Å². The fourth-order valence-electron chi connectivity index (χ4n) is 2.20. The predicted octanol–water partition coefficient (Wildman–Crippen LogP) is 5.22. The number of nitro benzene ring substituents is 1. The van der Waals surface area contributed by atoms with Crippen LogP contribution in [0.25, 0.3) is 23.1 Å². The maximum absolute atomic E-state index is 13.7. The normalized spacial score (nSPS) is 11.2. The van der Waals surface area contributed by atoms with Gasteiger partial charge >= 0.3 is 0 Å². The molecule has 0 amide bonds. The molecule has 0 spiro atoms. The van der Waals surface area contributed by atoms with Gasteiger partial charge in [-0.3, -0.25) is 10.1 Å². The lowest BCUT2D eigenvalue weighted by Crippen LogP contribution is -1.92. The van der Waals surface area contributed by atoms with Crippen LogP contribution in [0.2, 0.25) is 0 Å². The molecule has 0 aliphatic rings. The number of fused-ring (bicyclic) bond motifs is 1. The Morgan fingerprint density at radius 1 is 1.13 bits per heavy atom. The number of hydrogen-bond acceptors (Lipinski definition) is 3. The Labute approximate surface area is 139 Å². The molecule has 3 aromatic rings. The Hall–Kier alpha value is -2.60. The summed E-state index contributed by atoms with van der Waals surface area (Å²) in [5.41, 5.74) is 1.19. The first kappa shape index (κ1) is 15.3. The van der Waals surface area contributed by atoms with E-state index in [9.17, 15) is 14.5 Å². The summed E-state index contributed by atoms with van der Waals surface area (Å²) in [7, 11) is 0. The number of para-hydroxylation sites is 1. The number of aromatic nitrogens is 1. The van der Waals surface area contributed by atoms with E-state index >= 15 is 0 Å². The molecular formula is C17H10BrFN2O2. The van der Waals surface area contributed by atoms with Gasteiger partial charge in [0.2, 0.25) is 0 Å². The fraction of sp³-hybridized carbons (Fsp3) is 0. The van der Waals surface area contributed by atoms with E-state index in [0.29, 0.717) is 22.2 Å². The van der Waals surface area contributed by atoms with Gasteiger partial charge in [-0.1, -0.05) is 34.1 Å². The zero-order valence-electron chi connectivity index (χ0n) is 11.7. The first-order chi connectivity index (χ1) is 11.0. The lowest BCUT2D eigenvalue weighted by molar-refractivity contribution is -0.383. The highest BCUT2D eigenvalue weighted by Gasteiger charge is 2.12. The standard InChI is InChI=1S/C17H10BrFN2O2/c18-13-6-9-15(19)12(10-13)5-8-14-7-4-11-2-1-3-16(21(22)23)17(11)20-14/h1-10H/b8-5+. The molecule has 0 radical (unpaired) electrons. The maximum atomic E-state index is 13.7. The van der Waals surface area contributed by atoms with Crippen molar-refractivity contribution in [3.05, 3.63) is 80.2 Å². The molecule has 3 rings (SSSR count). The summed E-state index contributed by atoms with van der Waals surface area (Å²) in [5.74, 6) is -0.351. The number of non-ortho nitro benzene ring substituents is 1. The molecule has 1 heterocycles. The monoisotopic (exact) mass is 372 g/mol. The van der Waals surface area contributed by atoms with Crippen LogP contribution in [-0.4, -0.2) is 9.91 Å². The van der Waals surface area contributed by atoms with Gasteiger partial charge in [0, 0.05) is 21.5 Å². The molecule has 0 saturated heterocycles. The Morgan fingerprint density at radius 3 is 2.74 bits per heavy atom. The van der Waals surface area contributed by atoms with Crippen molar-refractivity contribution in [2.24, 2.45) is 0 Å². The Kier molecular flexibility index (Phi) is 4.16. The Morgan fingerprint density at radius 2 is 1.96 bits per heavy atom. The van der Waals surface area contributed by atoms with E-state index in [1.165, 1.54) is 12.1 Å². The number of pyridine rings is 1. The highest BCUT2D eigenvalue weighted by Crippen LogP contribution is 2.24. The summed E-state index contributed by atoms with van der Waals surface area (Å²) < 4.78 is 14.5. The van der Waals surface area contributed by atoms with Gasteiger partial charge in [0.1, 0.15) is 11.3 Å². The second-order valence-electron chi connectivity index (χ2n) is 4.84. The average molecular weight is 373 g/mol. The molecule has 6 heteroatoms. The average Bonchev–Trinajstić information content (AvgIpc) is 2.54. The molecule has 0 aliphatic carbocycles. The lowest BCUT2D eigenvalue weighted by atomic mass is 10.1. The van der Waals surface area contributed by atoms with Crippen molar-refractivity contribution in [3.63, 3.8) is 0 Å². The van der Waals surface area contributed by atoms with Crippen molar-refractivity contribution in [3.8, 4) is 0 Å². The minimum Gasteiger partial charge on any atom is -0.258 e. The van der Waals surface area contributed by atoms with Crippen LogP contribution in [0.5, 0.6) is 0 Å². The second-order valence-corrected chi connectivity index (χ2v) is 5.76. The highest BCUT2D eigenvalue weighted by molar-refractivity contribution is 9.10. The van der Waals surface area contributed by atoms with Gasteiger partial charge in [-0.2, -0.15) is 0 Å². The quantitative estimate of drug-likeness (QED) is 0.468. The van der Waals surface area contributed by atoms with Crippen LogP contribution in [0.4, 0.5) is 10.1 Å². The van der Waals surface area contributed by atoms with Crippen molar-refractivity contribution >= 4 is 44.7 Å². The smallest absolute Gasteiger partial charge is 0.258 e. The van der Waals surface area contributed by atoms with Crippen LogP contribution < -0.4 is 0 Å². The maximum Gasteiger partial charge on any atom is 0.295 e. The number of hydrogen-bond donors (Lipinski definition) is 0. The predicted molar refractivity (Wildman–Crippen MR) is 91.4 cm³/mol. The molecule has 0 bridgehead atoms. The molecule has 114 valence electrons. The molecule has 0 atom stereocenters. The molecular weight excluding hydrogens is 363 g/mol. The third-order valence-corrected chi connectivity index (χ3v) is 3.80. The second kappa shape index (κ2) is 6.26. The molecule has 0 unspecified atom stereocenters. The van der Waals surface area contributed by atoms with Crippen LogP contribution in [0.1, 0.15) is 11.3 Å². The summed E-state index contributed by atoms with van der Waals surface area (Å²) in [6.45, 7) is 0. The van der Waals surface area contributed by atoms with E-state index in [2.05, 4.69) is 20.9 Å². The lowest BCUT2D eigenvalue weighted by Gasteiger charge is -2.01. The molecule has 4 nitrogen and oxygen atoms in total. The Balaban J connectivity index is 2.03.